The Morgan fingerprint density at radius 3 is 2.83 bits per heavy atom. The minimum absolute atomic E-state index is 0.173. The van der Waals surface area contributed by atoms with Crippen LogP contribution in [0.5, 0.6) is 0 Å². The van der Waals surface area contributed by atoms with Crippen molar-refractivity contribution < 1.29 is 4.79 Å². The molecule has 0 saturated carbocycles. The van der Waals surface area contributed by atoms with Crippen molar-refractivity contribution in [3.8, 4) is 0 Å². The number of thiophene rings is 1. The first kappa shape index (κ1) is 9.46. The summed E-state index contributed by atoms with van der Waals surface area (Å²) in [6.07, 6.45) is 4.31. The van der Waals surface area contributed by atoms with Crippen molar-refractivity contribution in [3.63, 3.8) is 0 Å². The predicted octanol–water partition coefficient (Wildman–Crippen LogP) is 3.11. The lowest BCUT2D eigenvalue weighted by molar-refractivity contribution is 0.102. The first-order valence-electron chi connectivity index (χ1n) is 4.11. The van der Waals surface area contributed by atoms with Crippen LogP contribution in [0.2, 0.25) is 0 Å². The van der Waals surface area contributed by atoms with Crippen LogP contribution in [0.15, 0.2) is 12.1 Å². The summed E-state index contributed by atoms with van der Waals surface area (Å²) in [5.74, 6) is 0.173. The van der Waals surface area contributed by atoms with Gasteiger partial charge in [0.15, 0.2) is 5.78 Å². The van der Waals surface area contributed by atoms with E-state index in [0.717, 1.165) is 17.7 Å². The van der Waals surface area contributed by atoms with Gasteiger partial charge in [-0.05, 0) is 38.3 Å². The quantitative estimate of drug-likeness (QED) is 0.652. The number of ketones is 1. The van der Waals surface area contributed by atoms with Crippen LogP contribution >= 0.6 is 11.3 Å². The van der Waals surface area contributed by atoms with Gasteiger partial charge in [0.1, 0.15) is 0 Å². The van der Waals surface area contributed by atoms with Crippen molar-refractivity contribution in [2.45, 2.75) is 26.7 Å². The standard InChI is InChI=1S/C10H13OS/c1-3-4-5-9-6-7-10(12-9)8(2)11/h3,6-7H,4-5H2,1-2H3. The molecule has 1 radical (unpaired) electrons. The zero-order valence-electron chi connectivity index (χ0n) is 7.46. The lowest BCUT2D eigenvalue weighted by Gasteiger charge is -1.91. The van der Waals surface area contributed by atoms with E-state index in [1.807, 2.05) is 12.1 Å². The molecular weight excluding hydrogens is 168 g/mol. The van der Waals surface area contributed by atoms with Gasteiger partial charge in [-0.3, -0.25) is 4.79 Å². The Labute approximate surface area is 77.4 Å². The summed E-state index contributed by atoms with van der Waals surface area (Å²) < 4.78 is 0. The Morgan fingerprint density at radius 1 is 1.58 bits per heavy atom. The monoisotopic (exact) mass is 181 g/mol. The van der Waals surface area contributed by atoms with Crippen molar-refractivity contribution in [3.05, 3.63) is 28.3 Å². The van der Waals surface area contributed by atoms with E-state index in [2.05, 4.69) is 13.3 Å². The molecule has 0 saturated heterocycles. The molecule has 12 heavy (non-hydrogen) atoms. The number of unbranched alkanes of at least 4 members (excludes halogenated alkanes) is 1. The largest absolute Gasteiger partial charge is 0.294 e. The Morgan fingerprint density at radius 2 is 2.33 bits per heavy atom. The van der Waals surface area contributed by atoms with Crippen molar-refractivity contribution in [1.82, 2.24) is 0 Å². The molecule has 0 aliphatic heterocycles. The lowest BCUT2D eigenvalue weighted by Crippen LogP contribution is -1.83. The smallest absolute Gasteiger partial charge is 0.169 e. The summed E-state index contributed by atoms with van der Waals surface area (Å²) in [7, 11) is 0. The van der Waals surface area contributed by atoms with E-state index in [1.165, 1.54) is 4.88 Å². The predicted molar refractivity (Wildman–Crippen MR) is 52.6 cm³/mol. The van der Waals surface area contributed by atoms with E-state index in [9.17, 15) is 4.79 Å². The van der Waals surface area contributed by atoms with E-state index in [4.69, 9.17) is 0 Å². The topological polar surface area (TPSA) is 17.1 Å². The lowest BCUT2D eigenvalue weighted by atomic mass is 10.2. The van der Waals surface area contributed by atoms with E-state index in [-0.39, 0.29) is 5.78 Å². The molecule has 0 unspecified atom stereocenters. The third-order valence-electron chi connectivity index (χ3n) is 1.69. The molecule has 1 heterocycles. The van der Waals surface area contributed by atoms with Crippen LogP contribution in [0.4, 0.5) is 0 Å². The van der Waals surface area contributed by atoms with Gasteiger partial charge in [0.05, 0.1) is 4.88 Å². The minimum atomic E-state index is 0.173. The Hall–Kier alpha value is -0.630. The number of carbonyl (C=O) groups is 1. The van der Waals surface area contributed by atoms with E-state index in [0.29, 0.717) is 0 Å². The Kier molecular flexibility index (Phi) is 3.48. The second kappa shape index (κ2) is 4.41. The average molecular weight is 181 g/mol. The van der Waals surface area contributed by atoms with E-state index < -0.39 is 0 Å². The summed E-state index contributed by atoms with van der Waals surface area (Å²) in [6, 6.07) is 3.96. The van der Waals surface area contributed by atoms with Crippen LogP contribution in [-0.2, 0) is 6.42 Å². The summed E-state index contributed by atoms with van der Waals surface area (Å²) in [5, 5.41) is 0. The number of aryl methyl sites for hydroxylation is 1. The first-order valence-corrected chi connectivity index (χ1v) is 4.93. The van der Waals surface area contributed by atoms with Crippen LogP contribution in [0.3, 0.4) is 0 Å². The number of hydrogen-bond donors (Lipinski definition) is 0. The fourth-order valence-corrected chi connectivity index (χ4v) is 1.91. The summed E-state index contributed by atoms with van der Waals surface area (Å²) in [4.78, 5) is 13.1. The van der Waals surface area contributed by atoms with Crippen molar-refractivity contribution in [2.75, 3.05) is 0 Å². The maximum Gasteiger partial charge on any atom is 0.169 e. The summed E-state index contributed by atoms with van der Waals surface area (Å²) >= 11 is 1.61. The second-order valence-corrected chi connectivity index (χ2v) is 3.94. The van der Waals surface area contributed by atoms with Gasteiger partial charge in [0, 0.05) is 4.88 Å². The highest BCUT2D eigenvalue weighted by Crippen LogP contribution is 2.18. The average Bonchev–Trinajstić information content (AvgIpc) is 2.48. The number of rotatable bonds is 4. The molecule has 0 N–H and O–H groups in total. The fraction of sp³-hybridized carbons (Fsp3) is 0.400. The van der Waals surface area contributed by atoms with Gasteiger partial charge in [-0.15, -0.1) is 11.3 Å². The summed E-state index contributed by atoms with van der Waals surface area (Å²) in [5.41, 5.74) is 0. The van der Waals surface area contributed by atoms with Gasteiger partial charge >= 0.3 is 0 Å². The van der Waals surface area contributed by atoms with Crippen LogP contribution in [0.1, 0.15) is 34.8 Å². The number of Topliss-reactive ketones (excluding diaryl/α,β-unsaturated/α-hetero) is 1. The molecule has 0 bridgehead atoms. The minimum Gasteiger partial charge on any atom is -0.294 e. The SMILES string of the molecule is C[CH]CCc1ccc(C(C)=O)s1. The number of hydrogen-bond acceptors (Lipinski definition) is 2. The molecule has 2 heteroatoms. The van der Waals surface area contributed by atoms with Crippen LogP contribution < -0.4 is 0 Å². The highest BCUT2D eigenvalue weighted by atomic mass is 32.1. The third kappa shape index (κ3) is 2.45. The molecular formula is C10H13OS. The van der Waals surface area contributed by atoms with Crippen LogP contribution in [-0.4, -0.2) is 5.78 Å². The Bertz CT molecular complexity index is 263. The van der Waals surface area contributed by atoms with Crippen molar-refractivity contribution >= 4 is 17.1 Å². The van der Waals surface area contributed by atoms with Gasteiger partial charge in [-0.2, -0.15) is 0 Å². The number of carbonyl (C=O) groups excluding carboxylic acids is 1. The van der Waals surface area contributed by atoms with E-state index in [1.54, 1.807) is 18.3 Å². The molecule has 1 rings (SSSR count). The molecule has 0 amide bonds. The van der Waals surface area contributed by atoms with Crippen molar-refractivity contribution in [2.24, 2.45) is 0 Å². The highest BCUT2D eigenvalue weighted by molar-refractivity contribution is 7.14. The molecule has 0 aliphatic rings. The van der Waals surface area contributed by atoms with Gasteiger partial charge in [0.25, 0.3) is 0 Å². The van der Waals surface area contributed by atoms with Crippen LogP contribution in [0.25, 0.3) is 0 Å². The highest BCUT2D eigenvalue weighted by Gasteiger charge is 2.02. The van der Waals surface area contributed by atoms with Gasteiger partial charge in [-0.25, -0.2) is 0 Å². The van der Waals surface area contributed by atoms with Gasteiger partial charge < -0.3 is 0 Å². The molecule has 1 aromatic heterocycles. The summed E-state index contributed by atoms with van der Waals surface area (Å²) in [6.45, 7) is 3.67. The molecule has 0 atom stereocenters. The zero-order chi connectivity index (χ0) is 8.97. The molecule has 1 nitrogen and oxygen atoms in total. The van der Waals surface area contributed by atoms with E-state index >= 15 is 0 Å². The third-order valence-corrected chi connectivity index (χ3v) is 2.93. The fourth-order valence-electron chi connectivity index (χ4n) is 0.988. The second-order valence-electron chi connectivity index (χ2n) is 2.77. The molecule has 0 aliphatic carbocycles. The maximum atomic E-state index is 10.9. The first-order chi connectivity index (χ1) is 5.74. The maximum absolute atomic E-state index is 10.9. The van der Waals surface area contributed by atoms with Crippen LogP contribution in [0, 0.1) is 6.42 Å². The zero-order valence-corrected chi connectivity index (χ0v) is 8.28. The normalized spacial score (nSPS) is 10.2. The van der Waals surface area contributed by atoms with Crippen molar-refractivity contribution in [1.29, 1.82) is 0 Å². The van der Waals surface area contributed by atoms with Gasteiger partial charge in [0.2, 0.25) is 0 Å². The molecule has 0 fully saturated rings. The molecule has 0 spiro atoms. The molecule has 65 valence electrons. The Balaban J connectivity index is 2.58. The van der Waals surface area contributed by atoms with Gasteiger partial charge in [-0.1, -0.05) is 6.92 Å². The molecule has 1 aromatic rings. The molecule has 0 aromatic carbocycles.